The van der Waals surface area contributed by atoms with Crippen molar-refractivity contribution in [2.24, 2.45) is 0 Å². The van der Waals surface area contributed by atoms with E-state index in [9.17, 15) is 0 Å². The van der Waals surface area contributed by atoms with Crippen LogP contribution in [0, 0.1) is 0 Å². The first-order valence-electron chi connectivity index (χ1n) is 8.10. The summed E-state index contributed by atoms with van der Waals surface area (Å²) >= 11 is 0. The third kappa shape index (κ3) is 8.47. The fourth-order valence-electron chi connectivity index (χ4n) is 1.89. The van der Waals surface area contributed by atoms with E-state index >= 15 is 0 Å². The highest BCUT2D eigenvalue weighted by Crippen LogP contribution is 2.08. The molecule has 0 saturated carbocycles. The van der Waals surface area contributed by atoms with Gasteiger partial charge in [0.15, 0.2) is 0 Å². The van der Waals surface area contributed by atoms with E-state index in [4.69, 9.17) is 14.0 Å². The number of rotatable bonds is 10. The molecule has 0 spiro atoms. The summed E-state index contributed by atoms with van der Waals surface area (Å²) in [7, 11) is 0. The Balaban J connectivity index is 0.00000116. The van der Waals surface area contributed by atoms with Gasteiger partial charge in [0.2, 0.25) is 0 Å². The highest BCUT2D eigenvalue weighted by molar-refractivity contribution is 5.20. The molecule has 1 heterocycles. The van der Waals surface area contributed by atoms with E-state index in [-0.39, 0.29) is 0 Å². The number of para-hydroxylation sites is 1. The number of benzene rings is 1. The quantitative estimate of drug-likeness (QED) is 0.606. The van der Waals surface area contributed by atoms with Gasteiger partial charge in [-0.25, -0.2) is 0 Å². The van der Waals surface area contributed by atoms with Gasteiger partial charge in [0.25, 0.3) is 0 Å². The number of aromatic nitrogens is 1. The largest absolute Gasteiger partial charge is 0.491 e. The summed E-state index contributed by atoms with van der Waals surface area (Å²) < 4.78 is 15.9. The number of aryl methyl sites for hydroxylation is 1. The van der Waals surface area contributed by atoms with Gasteiger partial charge < -0.3 is 14.0 Å². The number of ether oxygens (including phenoxy) is 2. The normalized spacial score (nSPS) is 9.91. The van der Waals surface area contributed by atoms with Crippen molar-refractivity contribution >= 4 is 0 Å². The van der Waals surface area contributed by atoms with Crippen LogP contribution in [0.15, 0.2) is 47.2 Å². The average molecular weight is 305 g/mol. The Morgan fingerprint density at radius 2 is 1.73 bits per heavy atom. The molecule has 0 aliphatic heterocycles. The maximum Gasteiger partial charge on any atom is 0.124 e. The molecule has 0 atom stereocenters. The van der Waals surface area contributed by atoms with Crippen LogP contribution in [0.5, 0.6) is 5.75 Å². The van der Waals surface area contributed by atoms with Crippen LogP contribution in [0.3, 0.4) is 0 Å². The molecule has 0 radical (unpaired) electrons. The zero-order valence-corrected chi connectivity index (χ0v) is 13.7. The molecule has 0 saturated heterocycles. The summed E-state index contributed by atoms with van der Waals surface area (Å²) in [5.41, 5.74) is 1.03. The lowest BCUT2D eigenvalue weighted by Crippen LogP contribution is -2.07. The van der Waals surface area contributed by atoms with E-state index < -0.39 is 0 Å². The SMILES string of the molecule is CC.c1ccc(OCCOCCCCCc2ccon2)cc1. The predicted octanol–water partition coefficient (Wildman–Crippen LogP) is 4.51. The van der Waals surface area contributed by atoms with Crippen molar-refractivity contribution in [3.8, 4) is 5.75 Å². The zero-order valence-electron chi connectivity index (χ0n) is 13.7. The molecule has 2 aromatic rings. The zero-order chi connectivity index (χ0) is 15.9. The van der Waals surface area contributed by atoms with Crippen LogP contribution in [0.1, 0.15) is 38.8 Å². The molecule has 22 heavy (non-hydrogen) atoms. The number of nitrogens with zero attached hydrogens (tertiary/aromatic N) is 1. The molecule has 4 nitrogen and oxygen atoms in total. The van der Waals surface area contributed by atoms with Crippen molar-refractivity contribution in [1.82, 2.24) is 5.16 Å². The van der Waals surface area contributed by atoms with Crippen molar-refractivity contribution in [2.45, 2.75) is 39.5 Å². The Hall–Kier alpha value is -1.81. The summed E-state index contributed by atoms with van der Waals surface area (Å²) in [5, 5.41) is 3.88. The summed E-state index contributed by atoms with van der Waals surface area (Å²) in [6.45, 7) is 6.03. The second-order valence-electron chi connectivity index (χ2n) is 4.58. The van der Waals surface area contributed by atoms with Crippen molar-refractivity contribution in [3.05, 3.63) is 48.4 Å². The minimum atomic E-state index is 0.600. The molecular formula is C18H27NO3. The first-order valence-corrected chi connectivity index (χ1v) is 8.10. The molecule has 1 aromatic heterocycles. The first kappa shape index (κ1) is 18.2. The highest BCUT2D eigenvalue weighted by Gasteiger charge is 1.97. The monoisotopic (exact) mass is 305 g/mol. The van der Waals surface area contributed by atoms with Gasteiger partial charge in [-0.1, -0.05) is 43.6 Å². The summed E-state index contributed by atoms with van der Waals surface area (Å²) in [6.07, 6.45) is 5.94. The fraction of sp³-hybridized carbons (Fsp3) is 0.500. The van der Waals surface area contributed by atoms with E-state index in [1.807, 2.05) is 50.2 Å². The average Bonchev–Trinajstić information content (AvgIpc) is 3.09. The topological polar surface area (TPSA) is 44.5 Å². The van der Waals surface area contributed by atoms with Crippen LogP contribution < -0.4 is 4.74 Å². The molecule has 0 fully saturated rings. The smallest absolute Gasteiger partial charge is 0.124 e. The van der Waals surface area contributed by atoms with Crippen molar-refractivity contribution < 1.29 is 14.0 Å². The van der Waals surface area contributed by atoms with Crippen LogP contribution >= 0.6 is 0 Å². The molecule has 0 aliphatic rings. The molecule has 0 amide bonds. The second-order valence-corrected chi connectivity index (χ2v) is 4.58. The van der Waals surface area contributed by atoms with Gasteiger partial charge in [-0.2, -0.15) is 0 Å². The lowest BCUT2D eigenvalue weighted by Gasteiger charge is -2.06. The Labute approximate surface area is 133 Å². The molecule has 0 aliphatic carbocycles. The Morgan fingerprint density at radius 3 is 2.45 bits per heavy atom. The molecular weight excluding hydrogens is 278 g/mol. The van der Waals surface area contributed by atoms with Gasteiger partial charge in [-0.05, 0) is 31.4 Å². The molecule has 122 valence electrons. The van der Waals surface area contributed by atoms with Crippen molar-refractivity contribution in [2.75, 3.05) is 19.8 Å². The van der Waals surface area contributed by atoms with E-state index in [1.165, 1.54) is 0 Å². The van der Waals surface area contributed by atoms with Gasteiger partial charge in [-0.15, -0.1) is 0 Å². The third-order valence-electron chi connectivity index (χ3n) is 2.95. The molecule has 4 heteroatoms. The van der Waals surface area contributed by atoms with Gasteiger partial charge in [0.1, 0.15) is 18.6 Å². The Bertz CT molecular complexity index is 443. The van der Waals surface area contributed by atoms with E-state index in [0.717, 1.165) is 43.7 Å². The minimum Gasteiger partial charge on any atom is -0.491 e. The van der Waals surface area contributed by atoms with E-state index in [2.05, 4.69) is 5.16 Å². The number of unbranched alkanes of at least 4 members (excludes halogenated alkanes) is 2. The van der Waals surface area contributed by atoms with Gasteiger partial charge in [0, 0.05) is 12.7 Å². The lowest BCUT2D eigenvalue weighted by atomic mass is 10.1. The van der Waals surface area contributed by atoms with Crippen LogP contribution in [-0.4, -0.2) is 25.0 Å². The van der Waals surface area contributed by atoms with Gasteiger partial charge in [-0.3, -0.25) is 0 Å². The lowest BCUT2D eigenvalue weighted by molar-refractivity contribution is 0.0971. The van der Waals surface area contributed by atoms with E-state index in [1.54, 1.807) is 6.26 Å². The Morgan fingerprint density at radius 1 is 0.909 bits per heavy atom. The van der Waals surface area contributed by atoms with Crippen LogP contribution in [0.25, 0.3) is 0 Å². The van der Waals surface area contributed by atoms with Crippen LogP contribution in [0.4, 0.5) is 0 Å². The van der Waals surface area contributed by atoms with Crippen LogP contribution in [0.2, 0.25) is 0 Å². The molecule has 2 rings (SSSR count). The molecule has 0 unspecified atom stereocenters. The summed E-state index contributed by atoms with van der Waals surface area (Å²) in [6, 6.07) is 11.7. The first-order chi connectivity index (χ1) is 10.9. The summed E-state index contributed by atoms with van der Waals surface area (Å²) in [4.78, 5) is 0. The maximum absolute atomic E-state index is 5.54. The third-order valence-corrected chi connectivity index (χ3v) is 2.95. The maximum atomic E-state index is 5.54. The summed E-state index contributed by atoms with van der Waals surface area (Å²) in [5.74, 6) is 0.892. The van der Waals surface area contributed by atoms with Crippen molar-refractivity contribution in [1.29, 1.82) is 0 Å². The second kappa shape index (κ2) is 12.9. The van der Waals surface area contributed by atoms with Gasteiger partial charge in [0.05, 0.1) is 12.3 Å². The predicted molar refractivity (Wildman–Crippen MR) is 88.2 cm³/mol. The number of hydrogen-bond acceptors (Lipinski definition) is 4. The molecule has 1 aromatic carbocycles. The Kier molecular flexibility index (Phi) is 10.7. The standard InChI is InChI=1S/C16H21NO3.C2H6/c1-4-8-16(9-5-1)19-14-13-18-11-6-2-3-7-15-10-12-20-17-15;1-2/h1,4-5,8-10,12H,2-3,6-7,11,13-14H2;1-2H3. The molecule has 0 N–H and O–H groups in total. The minimum absolute atomic E-state index is 0.600. The molecule has 0 bridgehead atoms. The van der Waals surface area contributed by atoms with Crippen molar-refractivity contribution in [3.63, 3.8) is 0 Å². The van der Waals surface area contributed by atoms with Gasteiger partial charge >= 0.3 is 0 Å². The number of hydrogen-bond donors (Lipinski definition) is 0. The highest BCUT2D eigenvalue weighted by atomic mass is 16.5. The van der Waals surface area contributed by atoms with E-state index in [0.29, 0.717) is 13.2 Å². The van der Waals surface area contributed by atoms with Crippen LogP contribution in [-0.2, 0) is 11.2 Å². The fourth-order valence-corrected chi connectivity index (χ4v) is 1.89.